The molecule has 7 heteroatoms. The van der Waals surface area contributed by atoms with E-state index in [1.54, 1.807) is 0 Å². The molecule has 2 unspecified atom stereocenters. The number of imide groups is 1. The van der Waals surface area contributed by atoms with Crippen LogP contribution in [0.3, 0.4) is 0 Å². The minimum atomic E-state index is -2.23. The Kier molecular flexibility index (Phi) is 7.46. The molecule has 178 valence electrons. The number of carbonyl (C=O) groups excluding carboxylic acids is 1. The molecule has 0 radical (unpaired) electrons. The van der Waals surface area contributed by atoms with E-state index in [0.717, 1.165) is 15.3 Å². The molecule has 1 fully saturated rings. The summed E-state index contributed by atoms with van der Waals surface area (Å²) in [7, 11) is -2.23. The number of hydrogen-bond donors (Lipinski definition) is 1. The fraction of sp³-hybridized carbons (Fsp3) is 0.462. The smallest absolute Gasteiger partial charge is 0.414 e. The molecule has 0 aromatic heterocycles. The molecular weight excluding hydrogens is 434 g/mol. The van der Waals surface area contributed by atoms with Gasteiger partial charge in [-0.25, -0.2) is 9.69 Å². The number of nitrogens with zero attached hydrogens (tertiary/aromatic N) is 1. The average molecular weight is 470 g/mol. The summed E-state index contributed by atoms with van der Waals surface area (Å²) < 4.78 is 13.0. The normalized spacial score (nSPS) is 20.7. The van der Waals surface area contributed by atoms with Crippen molar-refractivity contribution >= 4 is 31.4 Å². The van der Waals surface area contributed by atoms with Crippen LogP contribution in [0.2, 0.25) is 0 Å². The van der Waals surface area contributed by atoms with Gasteiger partial charge in [0.2, 0.25) is 9.04 Å². The number of carboxylic acid groups (broad SMARTS) is 1. The highest BCUT2D eigenvalue weighted by Crippen LogP contribution is 2.38. The van der Waals surface area contributed by atoms with Crippen molar-refractivity contribution in [3.8, 4) is 0 Å². The Morgan fingerprint density at radius 3 is 1.88 bits per heavy atom. The van der Waals surface area contributed by atoms with E-state index in [4.69, 9.17) is 9.16 Å². The van der Waals surface area contributed by atoms with Crippen molar-refractivity contribution in [3.63, 3.8) is 0 Å². The predicted octanol–water partition coefficient (Wildman–Crippen LogP) is 3.28. The van der Waals surface area contributed by atoms with Crippen molar-refractivity contribution in [2.24, 2.45) is 10.8 Å². The van der Waals surface area contributed by atoms with Crippen molar-refractivity contribution in [1.82, 2.24) is 4.90 Å². The standard InChI is InChI=1S/C26H35NO5Si/c1-25(2,3)22-21(27(24(29)30)20(28)17-31-22)23(26(4,5)6)32-33(18-13-9-7-10-14-18)19-15-11-8-12-16-19/h7-16,21-23,33H,17H2,1-6H3,(H,29,30)/t21?,22-,23?/m0/s1. The monoisotopic (exact) mass is 469 g/mol. The maximum absolute atomic E-state index is 12.8. The maximum Gasteiger partial charge on any atom is 0.414 e. The number of rotatable bonds is 5. The summed E-state index contributed by atoms with van der Waals surface area (Å²) in [6, 6.07) is 19.4. The fourth-order valence-corrected chi connectivity index (χ4v) is 7.18. The molecule has 3 rings (SSSR count). The number of morpholine rings is 1. The van der Waals surface area contributed by atoms with Crippen LogP contribution in [-0.2, 0) is 14.0 Å². The molecule has 2 amide bonds. The second-order valence-electron chi connectivity index (χ2n) is 10.8. The molecule has 1 aliphatic heterocycles. The van der Waals surface area contributed by atoms with Gasteiger partial charge in [-0.15, -0.1) is 0 Å². The summed E-state index contributed by atoms with van der Waals surface area (Å²) in [6.45, 7) is 11.8. The van der Waals surface area contributed by atoms with Crippen molar-refractivity contribution < 1.29 is 23.9 Å². The van der Waals surface area contributed by atoms with Crippen molar-refractivity contribution in [1.29, 1.82) is 0 Å². The number of amides is 2. The molecule has 2 aromatic carbocycles. The number of carbonyl (C=O) groups is 2. The molecule has 1 N–H and O–H groups in total. The second kappa shape index (κ2) is 9.79. The summed E-state index contributed by atoms with van der Waals surface area (Å²) in [5, 5.41) is 12.2. The number of ether oxygens (including phenoxy) is 1. The lowest BCUT2D eigenvalue weighted by Gasteiger charge is -2.50. The van der Waals surface area contributed by atoms with Gasteiger partial charge >= 0.3 is 6.09 Å². The van der Waals surface area contributed by atoms with Crippen LogP contribution in [0, 0.1) is 10.8 Å². The van der Waals surface area contributed by atoms with Crippen LogP contribution >= 0.6 is 0 Å². The zero-order valence-electron chi connectivity index (χ0n) is 20.3. The van der Waals surface area contributed by atoms with Gasteiger partial charge in [0.25, 0.3) is 5.91 Å². The molecule has 6 nitrogen and oxygen atoms in total. The van der Waals surface area contributed by atoms with Gasteiger partial charge in [0.05, 0.1) is 18.2 Å². The van der Waals surface area contributed by atoms with E-state index >= 15 is 0 Å². The van der Waals surface area contributed by atoms with E-state index in [1.165, 1.54) is 0 Å². The van der Waals surface area contributed by atoms with E-state index in [0.29, 0.717) is 0 Å². The van der Waals surface area contributed by atoms with Gasteiger partial charge < -0.3 is 14.3 Å². The van der Waals surface area contributed by atoms with E-state index in [9.17, 15) is 14.7 Å². The van der Waals surface area contributed by atoms with Crippen molar-refractivity contribution in [2.75, 3.05) is 6.61 Å². The third-order valence-corrected chi connectivity index (χ3v) is 8.52. The Balaban J connectivity index is 2.14. The fourth-order valence-electron chi connectivity index (χ4n) is 4.47. The first kappa shape index (κ1) is 25.1. The first-order chi connectivity index (χ1) is 15.4. The Morgan fingerprint density at radius 2 is 1.48 bits per heavy atom. The zero-order valence-corrected chi connectivity index (χ0v) is 21.5. The lowest BCUT2D eigenvalue weighted by atomic mass is 9.75. The molecule has 0 aliphatic carbocycles. The molecule has 3 atom stereocenters. The van der Waals surface area contributed by atoms with Crippen LogP contribution in [0.5, 0.6) is 0 Å². The van der Waals surface area contributed by atoms with Gasteiger partial charge in [-0.05, 0) is 21.2 Å². The highest BCUT2D eigenvalue weighted by Gasteiger charge is 2.52. The Hall–Kier alpha value is -2.48. The number of hydrogen-bond acceptors (Lipinski definition) is 4. The molecule has 0 spiro atoms. The van der Waals surface area contributed by atoms with Gasteiger partial charge in [0.1, 0.15) is 6.61 Å². The van der Waals surface area contributed by atoms with Crippen LogP contribution in [-0.4, -0.2) is 55.9 Å². The first-order valence-electron chi connectivity index (χ1n) is 11.3. The summed E-state index contributed by atoms with van der Waals surface area (Å²) in [4.78, 5) is 26.0. The lowest BCUT2D eigenvalue weighted by molar-refractivity contribution is -0.176. The Labute approximate surface area is 198 Å². The Morgan fingerprint density at radius 1 is 1.00 bits per heavy atom. The van der Waals surface area contributed by atoms with Crippen LogP contribution in [0.1, 0.15) is 41.5 Å². The quantitative estimate of drug-likeness (QED) is 0.680. The van der Waals surface area contributed by atoms with Crippen LogP contribution in [0.4, 0.5) is 4.79 Å². The van der Waals surface area contributed by atoms with Gasteiger partial charge in [-0.2, -0.15) is 0 Å². The van der Waals surface area contributed by atoms with Crippen molar-refractivity contribution in [3.05, 3.63) is 60.7 Å². The summed E-state index contributed by atoms with van der Waals surface area (Å²) >= 11 is 0. The molecular formula is C26H35NO5Si. The zero-order chi connectivity index (χ0) is 24.4. The molecule has 1 saturated heterocycles. The average Bonchev–Trinajstić information content (AvgIpc) is 2.73. The van der Waals surface area contributed by atoms with Crippen LogP contribution in [0.25, 0.3) is 0 Å². The Bertz CT molecular complexity index is 913. The second-order valence-corrected chi connectivity index (χ2v) is 13.1. The van der Waals surface area contributed by atoms with Gasteiger partial charge in [0.15, 0.2) is 0 Å². The topological polar surface area (TPSA) is 76.1 Å². The van der Waals surface area contributed by atoms with Gasteiger partial charge in [-0.3, -0.25) is 4.79 Å². The highest BCUT2D eigenvalue weighted by atomic mass is 28.3. The first-order valence-corrected chi connectivity index (χ1v) is 13.0. The summed E-state index contributed by atoms with van der Waals surface area (Å²) in [6.07, 6.45) is -2.34. The minimum Gasteiger partial charge on any atom is -0.465 e. The highest BCUT2D eigenvalue weighted by molar-refractivity contribution is 6.80. The molecule has 33 heavy (non-hydrogen) atoms. The van der Waals surface area contributed by atoms with Crippen LogP contribution < -0.4 is 10.4 Å². The molecule has 1 heterocycles. The molecule has 1 aliphatic rings. The number of benzene rings is 2. The minimum absolute atomic E-state index is 0.250. The predicted molar refractivity (Wildman–Crippen MR) is 131 cm³/mol. The van der Waals surface area contributed by atoms with E-state index < -0.39 is 50.1 Å². The molecule has 2 aromatic rings. The largest absolute Gasteiger partial charge is 0.465 e. The van der Waals surface area contributed by atoms with Crippen molar-refractivity contribution in [2.45, 2.75) is 59.8 Å². The molecule has 0 saturated carbocycles. The summed E-state index contributed by atoms with van der Waals surface area (Å²) in [5.41, 5.74) is -0.861. The molecule has 0 bridgehead atoms. The summed E-state index contributed by atoms with van der Waals surface area (Å²) in [5.74, 6) is -0.552. The third-order valence-electron chi connectivity index (χ3n) is 5.97. The SMILES string of the molecule is CC(C)(C)C(O[SiH](c1ccccc1)c1ccccc1)C1[C@@H](C(C)(C)C)OCC(=O)N1C(=O)O. The van der Waals surface area contributed by atoms with Crippen LogP contribution in [0.15, 0.2) is 60.7 Å². The third kappa shape index (κ3) is 5.72. The lowest BCUT2D eigenvalue weighted by Crippen LogP contribution is -2.68. The van der Waals surface area contributed by atoms with E-state index in [2.05, 4.69) is 24.3 Å². The van der Waals surface area contributed by atoms with Gasteiger partial charge in [0, 0.05) is 0 Å². The van der Waals surface area contributed by atoms with E-state index in [1.807, 2.05) is 77.9 Å². The van der Waals surface area contributed by atoms with Gasteiger partial charge in [-0.1, -0.05) is 102 Å². The van der Waals surface area contributed by atoms with E-state index in [-0.39, 0.29) is 6.61 Å². The maximum atomic E-state index is 12.8.